The Balaban J connectivity index is 1.35. The number of halogens is 1. The molecule has 0 atom stereocenters. The van der Waals surface area contributed by atoms with Crippen molar-refractivity contribution in [3.05, 3.63) is 71.1 Å². The maximum absolute atomic E-state index is 12.7. The molecule has 1 N–H and O–H groups in total. The average Bonchev–Trinajstić information content (AvgIpc) is 3.33. The summed E-state index contributed by atoms with van der Waals surface area (Å²) >= 11 is 7.33. The monoisotopic (exact) mass is 491 g/mol. The standard InChI is InChI=1S/C22H22ClN3O4S2/c23-17-8-9-20(30-18-5-2-1-3-6-18)19(15-17)24-21(27)16-25-10-12-26(13-11-25)32(28,29)22-7-4-14-31-22/h1-9,14-15H,10-13,16H2,(H,24,27). The number of hydrogen-bond donors (Lipinski definition) is 1. The summed E-state index contributed by atoms with van der Waals surface area (Å²) in [5.41, 5.74) is 0.477. The van der Waals surface area contributed by atoms with Crippen LogP contribution in [0.5, 0.6) is 11.5 Å². The lowest BCUT2D eigenvalue weighted by Crippen LogP contribution is -2.50. The lowest BCUT2D eigenvalue weighted by atomic mass is 10.2. The van der Waals surface area contributed by atoms with Gasteiger partial charge in [-0.05, 0) is 41.8 Å². The number of sulfonamides is 1. The Kier molecular flexibility index (Phi) is 7.12. The highest BCUT2D eigenvalue weighted by Gasteiger charge is 2.29. The van der Waals surface area contributed by atoms with Crippen LogP contribution in [0.25, 0.3) is 0 Å². The first-order chi connectivity index (χ1) is 15.4. The molecule has 0 saturated carbocycles. The summed E-state index contributed by atoms with van der Waals surface area (Å²) in [4.78, 5) is 14.6. The van der Waals surface area contributed by atoms with Gasteiger partial charge in [0.25, 0.3) is 10.0 Å². The number of carbonyl (C=O) groups excluding carboxylic acids is 1. The van der Waals surface area contributed by atoms with E-state index in [9.17, 15) is 13.2 Å². The zero-order valence-corrected chi connectivity index (χ0v) is 19.5. The molecule has 168 valence electrons. The van der Waals surface area contributed by atoms with Crippen LogP contribution in [-0.2, 0) is 14.8 Å². The number of carbonyl (C=O) groups is 1. The summed E-state index contributed by atoms with van der Waals surface area (Å²) < 4.78 is 33.0. The van der Waals surface area contributed by atoms with Crippen LogP contribution in [0.3, 0.4) is 0 Å². The van der Waals surface area contributed by atoms with Gasteiger partial charge in [-0.3, -0.25) is 9.69 Å². The molecule has 3 aromatic rings. The predicted molar refractivity (Wildman–Crippen MR) is 126 cm³/mol. The maximum Gasteiger partial charge on any atom is 0.252 e. The fourth-order valence-electron chi connectivity index (χ4n) is 3.36. The number of nitrogens with one attached hydrogen (secondary N) is 1. The third kappa shape index (κ3) is 5.48. The van der Waals surface area contributed by atoms with Crippen LogP contribution in [0, 0.1) is 0 Å². The summed E-state index contributed by atoms with van der Waals surface area (Å²) in [6.45, 7) is 1.77. The van der Waals surface area contributed by atoms with Crippen LogP contribution < -0.4 is 10.1 Å². The Labute approximate surface area is 196 Å². The van der Waals surface area contributed by atoms with Gasteiger partial charge in [0.1, 0.15) is 9.96 Å². The largest absolute Gasteiger partial charge is 0.455 e. The number of rotatable bonds is 7. The van der Waals surface area contributed by atoms with Crippen LogP contribution in [0.4, 0.5) is 5.69 Å². The Morgan fingerprint density at radius 2 is 1.78 bits per heavy atom. The predicted octanol–water partition coefficient (Wildman–Crippen LogP) is 4.14. The van der Waals surface area contributed by atoms with Crippen LogP contribution >= 0.6 is 22.9 Å². The zero-order valence-electron chi connectivity index (χ0n) is 17.1. The van der Waals surface area contributed by atoms with Gasteiger partial charge in [0, 0.05) is 31.2 Å². The molecule has 1 aliphatic heterocycles. The van der Waals surface area contributed by atoms with E-state index in [1.54, 1.807) is 35.7 Å². The molecule has 1 saturated heterocycles. The molecular formula is C22H22ClN3O4S2. The Hall–Kier alpha value is -2.43. The summed E-state index contributed by atoms with van der Waals surface area (Å²) in [5.74, 6) is 0.911. The minimum Gasteiger partial charge on any atom is -0.455 e. The summed E-state index contributed by atoms with van der Waals surface area (Å²) in [5, 5.41) is 5.09. The van der Waals surface area contributed by atoms with Crippen molar-refractivity contribution < 1.29 is 17.9 Å². The highest BCUT2D eigenvalue weighted by atomic mass is 35.5. The SMILES string of the molecule is O=C(CN1CCN(S(=O)(=O)c2cccs2)CC1)Nc1cc(Cl)ccc1Oc1ccccc1. The Morgan fingerprint density at radius 1 is 1.03 bits per heavy atom. The summed E-state index contributed by atoms with van der Waals surface area (Å²) in [6.07, 6.45) is 0. The first-order valence-corrected chi connectivity index (χ1v) is 12.7. The molecule has 1 aromatic heterocycles. The van der Waals surface area contributed by atoms with Gasteiger partial charge in [0.05, 0.1) is 12.2 Å². The van der Waals surface area contributed by atoms with Crippen molar-refractivity contribution >= 4 is 44.6 Å². The van der Waals surface area contributed by atoms with E-state index in [-0.39, 0.29) is 12.5 Å². The zero-order chi connectivity index (χ0) is 22.6. The van der Waals surface area contributed by atoms with Crippen LogP contribution in [0.15, 0.2) is 70.3 Å². The Bertz CT molecular complexity index is 1160. The molecule has 2 aromatic carbocycles. The number of anilines is 1. The molecule has 1 fully saturated rings. The number of nitrogens with zero attached hydrogens (tertiary/aromatic N) is 2. The smallest absolute Gasteiger partial charge is 0.252 e. The molecule has 1 amide bonds. The molecule has 1 aliphatic rings. The number of thiophene rings is 1. The lowest BCUT2D eigenvalue weighted by Gasteiger charge is -2.33. The van der Waals surface area contributed by atoms with E-state index in [1.807, 2.05) is 35.2 Å². The third-order valence-electron chi connectivity index (χ3n) is 4.97. The highest BCUT2D eigenvalue weighted by molar-refractivity contribution is 7.91. The number of piperazine rings is 1. The number of benzene rings is 2. The quantitative estimate of drug-likeness (QED) is 0.537. The van der Waals surface area contributed by atoms with Crippen molar-refractivity contribution in [3.63, 3.8) is 0 Å². The number of ether oxygens (including phenoxy) is 1. The molecular weight excluding hydrogens is 470 g/mol. The van der Waals surface area contributed by atoms with E-state index >= 15 is 0 Å². The topological polar surface area (TPSA) is 79.0 Å². The minimum atomic E-state index is -3.47. The van der Waals surface area contributed by atoms with E-state index in [1.165, 1.54) is 15.6 Å². The molecule has 2 heterocycles. The van der Waals surface area contributed by atoms with Gasteiger partial charge < -0.3 is 10.1 Å². The van der Waals surface area contributed by atoms with Gasteiger partial charge in [-0.15, -0.1) is 11.3 Å². The normalized spacial score (nSPS) is 15.4. The second kappa shape index (κ2) is 10.0. The molecule has 7 nitrogen and oxygen atoms in total. The van der Waals surface area contributed by atoms with Crippen molar-refractivity contribution in [2.75, 3.05) is 38.0 Å². The molecule has 10 heteroatoms. The second-order valence-electron chi connectivity index (χ2n) is 7.22. The van der Waals surface area contributed by atoms with E-state index in [0.717, 1.165) is 0 Å². The van der Waals surface area contributed by atoms with E-state index in [2.05, 4.69) is 5.32 Å². The molecule has 4 rings (SSSR count). The van der Waals surface area contributed by atoms with Crippen molar-refractivity contribution in [2.45, 2.75) is 4.21 Å². The molecule has 0 bridgehead atoms. The first-order valence-electron chi connectivity index (χ1n) is 10.00. The van der Waals surface area contributed by atoms with E-state index in [0.29, 0.717) is 52.6 Å². The molecule has 0 unspecified atom stereocenters. The Morgan fingerprint density at radius 3 is 2.47 bits per heavy atom. The number of hydrogen-bond acceptors (Lipinski definition) is 6. The second-order valence-corrected chi connectivity index (χ2v) is 10.8. The number of amides is 1. The van der Waals surface area contributed by atoms with Gasteiger partial charge in [0.15, 0.2) is 5.75 Å². The molecule has 0 radical (unpaired) electrons. The maximum atomic E-state index is 12.7. The van der Waals surface area contributed by atoms with Gasteiger partial charge in [0.2, 0.25) is 5.91 Å². The van der Waals surface area contributed by atoms with Gasteiger partial charge in [-0.2, -0.15) is 4.31 Å². The van der Waals surface area contributed by atoms with Crippen molar-refractivity contribution in [1.29, 1.82) is 0 Å². The van der Waals surface area contributed by atoms with Crippen molar-refractivity contribution in [3.8, 4) is 11.5 Å². The first kappa shape index (κ1) is 22.8. The van der Waals surface area contributed by atoms with Gasteiger partial charge in [-0.1, -0.05) is 35.9 Å². The van der Waals surface area contributed by atoms with Gasteiger partial charge >= 0.3 is 0 Å². The van der Waals surface area contributed by atoms with Crippen LogP contribution in [0.1, 0.15) is 0 Å². The molecule has 0 aliphatic carbocycles. The molecule has 0 spiro atoms. The van der Waals surface area contributed by atoms with E-state index < -0.39 is 10.0 Å². The fourth-order valence-corrected chi connectivity index (χ4v) is 6.10. The van der Waals surface area contributed by atoms with Crippen molar-refractivity contribution in [1.82, 2.24) is 9.21 Å². The minimum absolute atomic E-state index is 0.143. The third-order valence-corrected chi connectivity index (χ3v) is 8.48. The van der Waals surface area contributed by atoms with Crippen LogP contribution in [-0.4, -0.2) is 56.3 Å². The van der Waals surface area contributed by atoms with Crippen molar-refractivity contribution in [2.24, 2.45) is 0 Å². The highest BCUT2D eigenvalue weighted by Crippen LogP contribution is 2.32. The molecule has 32 heavy (non-hydrogen) atoms. The lowest BCUT2D eigenvalue weighted by molar-refractivity contribution is -0.117. The summed E-state index contributed by atoms with van der Waals surface area (Å²) in [7, 11) is -3.47. The van der Waals surface area contributed by atoms with E-state index in [4.69, 9.17) is 16.3 Å². The fraction of sp³-hybridized carbons (Fsp3) is 0.227. The average molecular weight is 492 g/mol. The van der Waals surface area contributed by atoms with Gasteiger partial charge in [-0.25, -0.2) is 8.42 Å². The number of para-hydroxylation sites is 1. The summed E-state index contributed by atoms with van der Waals surface area (Å²) in [6, 6.07) is 17.6. The van der Waals surface area contributed by atoms with Crippen LogP contribution in [0.2, 0.25) is 5.02 Å².